The lowest BCUT2D eigenvalue weighted by Crippen LogP contribution is -2.30. The largest absolute Gasteiger partial charge is 0.496 e. The lowest BCUT2D eigenvalue weighted by Gasteiger charge is -2.12. The van der Waals surface area contributed by atoms with Crippen LogP contribution in [-0.2, 0) is 0 Å². The van der Waals surface area contributed by atoms with E-state index in [0.717, 1.165) is 13.0 Å². The third-order valence-electron chi connectivity index (χ3n) is 3.29. The van der Waals surface area contributed by atoms with Gasteiger partial charge in [0.2, 0.25) is 0 Å². The average Bonchev–Trinajstić information content (AvgIpc) is 2.91. The highest BCUT2D eigenvalue weighted by atomic mass is 16.5. The van der Waals surface area contributed by atoms with E-state index in [9.17, 15) is 4.79 Å². The molecule has 1 heterocycles. The number of benzene rings is 1. The number of hydrogen-bond donors (Lipinski definition) is 2. The maximum absolute atomic E-state index is 12.0. The van der Waals surface area contributed by atoms with Gasteiger partial charge in [-0.1, -0.05) is 12.1 Å². The van der Waals surface area contributed by atoms with Crippen molar-refractivity contribution in [2.24, 2.45) is 0 Å². The number of amides is 1. The fourth-order valence-electron chi connectivity index (χ4n) is 2.29. The molecule has 0 aromatic heterocycles. The quantitative estimate of drug-likeness (QED) is 0.831. The molecule has 1 atom stereocenters. The van der Waals surface area contributed by atoms with E-state index in [0.29, 0.717) is 23.9 Å². The molecule has 4 nitrogen and oxygen atoms in total. The number of rotatable bonds is 5. The molecule has 1 unspecified atom stereocenters. The van der Waals surface area contributed by atoms with Gasteiger partial charge in [0.25, 0.3) is 5.91 Å². The van der Waals surface area contributed by atoms with Gasteiger partial charge in [-0.2, -0.15) is 0 Å². The lowest BCUT2D eigenvalue weighted by molar-refractivity contribution is 0.0949. The molecule has 2 rings (SSSR count). The van der Waals surface area contributed by atoms with Gasteiger partial charge < -0.3 is 15.4 Å². The molecule has 1 aliphatic rings. The topological polar surface area (TPSA) is 50.4 Å². The average molecular weight is 248 g/mol. The first-order valence-corrected chi connectivity index (χ1v) is 6.46. The van der Waals surface area contributed by atoms with Crippen LogP contribution in [0, 0.1) is 0 Å². The fraction of sp³-hybridized carbons (Fsp3) is 0.500. The molecule has 1 saturated heterocycles. The first kappa shape index (κ1) is 12.9. The molecular formula is C14H20N2O2. The summed E-state index contributed by atoms with van der Waals surface area (Å²) in [5.41, 5.74) is 0.597. The Morgan fingerprint density at radius 1 is 1.50 bits per heavy atom. The van der Waals surface area contributed by atoms with Gasteiger partial charge in [-0.15, -0.1) is 0 Å². The standard InChI is InChI=1S/C14H20N2O2/c1-18-13-7-3-2-6-12(13)14(17)16-10-8-11-5-4-9-15-11/h2-3,6-7,11,15H,4-5,8-10H2,1H3,(H,16,17). The summed E-state index contributed by atoms with van der Waals surface area (Å²) in [6.45, 7) is 1.81. The molecule has 0 spiro atoms. The molecule has 0 bridgehead atoms. The zero-order chi connectivity index (χ0) is 12.8. The third kappa shape index (κ3) is 3.23. The van der Waals surface area contributed by atoms with Gasteiger partial charge in [0.05, 0.1) is 12.7 Å². The molecule has 0 aliphatic carbocycles. The molecule has 1 fully saturated rings. The minimum Gasteiger partial charge on any atom is -0.496 e. The number of methoxy groups -OCH3 is 1. The van der Waals surface area contributed by atoms with Crippen molar-refractivity contribution in [2.75, 3.05) is 20.2 Å². The minimum atomic E-state index is -0.0644. The van der Waals surface area contributed by atoms with E-state index >= 15 is 0 Å². The Morgan fingerprint density at radius 3 is 3.06 bits per heavy atom. The highest BCUT2D eigenvalue weighted by molar-refractivity contribution is 5.96. The highest BCUT2D eigenvalue weighted by Gasteiger charge is 2.15. The number of carbonyl (C=O) groups excluding carboxylic acids is 1. The van der Waals surface area contributed by atoms with E-state index in [-0.39, 0.29) is 5.91 Å². The van der Waals surface area contributed by atoms with Crippen LogP contribution >= 0.6 is 0 Å². The van der Waals surface area contributed by atoms with Crippen molar-refractivity contribution in [1.82, 2.24) is 10.6 Å². The minimum absolute atomic E-state index is 0.0644. The molecule has 4 heteroatoms. The van der Waals surface area contributed by atoms with Crippen molar-refractivity contribution >= 4 is 5.91 Å². The summed E-state index contributed by atoms with van der Waals surface area (Å²) in [5, 5.41) is 6.36. The van der Waals surface area contributed by atoms with Crippen LogP contribution in [0.1, 0.15) is 29.6 Å². The van der Waals surface area contributed by atoms with Gasteiger partial charge in [0.15, 0.2) is 0 Å². The Hall–Kier alpha value is -1.55. The predicted octanol–water partition coefficient (Wildman–Crippen LogP) is 1.57. The third-order valence-corrected chi connectivity index (χ3v) is 3.29. The van der Waals surface area contributed by atoms with Crippen molar-refractivity contribution < 1.29 is 9.53 Å². The van der Waals surface area contributed by atoms with Crippen LogP contribution in [0.5, 0.6) is 5.75 Å². The van der Waals surface area contributed by atoms with Gasteiger partial charge in [-0.3, -0.25) is 4.79 Å². The zero-order valence-electron chi connectivity index (χ0n) is 10.7. The SMILES string of the molecule is COc1ccccc1C(=O)NCCC1CCCN1. The van der Waals surface area contributed by atoms with Gasteiger partial charge in [0, 0.05) is 12.6 Å². The number of hydrogen-bond acceptors (Lipinski definition) is 3. The van der Waals surface area contributed by atoms with E-state index in [1.54, 1.807) is 19.2 Å². The van der Waals surface area contributed by atoms with Gasteiger partial charge in [-0.25, -0.2) is 0 Å². The zero-order valence-corrected chi connectivity index (χ0v) is 10.7. The van der Waals surface area contributed by atoms with Crippen LogP contribution in [0.3, 0.4) is 0 Å². The van der Waals surface area contributed by atoms with Crippen molar-refractivity contribution in [3.8, 4) is 5.75 Å². The maximum Gasteiger partial charge on any atom is 0.255 e. The molecule has 98 valence electrons. The van der Waals surface area contributed by atoms with Crippen LogP contribution < -0.4 is 15.4 Å². The molecule has 0 radical (unpaired) electrons. The second kappa shape index (κ2) is 6.40. The van der Waals surface area contributed by atoms with Gasteiger partial charge >= 0.3 is 0 Å². The van der Waals surface area contributed by atoms with E-state index in [1.807, 2.05) is 12.1 Å². The molecule has 2 N–H and O–H groups in total. The van der Waals surface area contributed by atoms with E-state index < -0.39 is 0 Å². The Bertz CT molecular complexity index is 401. The van der Waals surface area contributed by atoms with E-state index in [4.69, 9.17) is 4.74 Å². The highest BCUT2D eigenvalue weighted by Crippen LogP contribution is 2.16. The summed E-state index contributed by atoms with van der Waals surface area (Å²) < 4.78 is 5.17. The monoisotopic (exact) mass is 248 g/mol. The summed E-state index contributed by atoms with van der Waals surface area (Å²) >= 11 is 0. The molecular weight excluding hydrogens is 228 g/mol. The van der Waals surface area contributed by atoms with Crippen molar-refractivity contribution in [3.05, 3.63) is 29.8 Å². The maximum atomic E-state index is 12.0. The molecule has 18 heavy (non-hydrogen) atoms. The predicted molar refractivity (Wildman–Crippen MR) is 71.0 cm³/mol. The van der Waals surface area contributed by atoms with E-state index in [1.165, 1.54) is 12.8 Å². The second-order valence-corrected chi connectivity index (χ2v) is 4.54. The normalized spacial score (nSPS) is 18.6. The fourth-order valence-corrected chi connectivity index (χ4v) is 2.29. The molecule has 1 aromatic carbocycles. The summed E-state index contributed by atoms with van der Waals surface area (Å²) in [4.78, 5) is 12.0. The van der Waals surface area contributed by atoms with Crippen LogP contribution in [0.15, 0.2) is 24.3 Å². The number of nitrogens with one attached hydrogen (secondary N) is 2. The van der Waals surface area contributed by atoms with Crippen molar-refractivity contribution in [3.63, 3.8) is 0 Å². The van der Waals surface area contributed by atoms with Crippen LogP contribution in [0.2, 0.25) is 0 Å². The summed E-state index contributed by atoms with van der Waals surface area (Å²) in [7, 11) is 1.58. The van der Waals surface area contributed by atoms with Crippen LogP contribution in [0.25, 0.3) is 0 Å². The Morgan fingerprint density at radius 2 is 2.33 bits per heavy atom. The summed E-state index contributed by atoms with van der Waals surface area (Å²) in [6.07, 6.45) is 3.44. The Labute approximate surface area is 108 Å². The van der Waals surface area contributed by atoms with Crippen molar-refractivity contribution in [1.29, 1.82) is 0 Å². The second-order valence-electron chi connectivity index (χ2n) is 4.54. The smallest absolute Gasteiger partial charge is 0.255 e. The molecule has 0 saturated carbocycles. The summed E-state index contributed by atoms with van der Waals surface area (Å²) in [5.74, 6) is 0.555. The lowest BCUT2D eigenvalue weighted by atomic mass is 10.1. The first-order valence-electron chi connectivity index (χ1n) is 6.46. The number of carbonyl (C=O) groups is 1. The number of para-hydroxylation sites is 1. The van der Waals surface area contributed by atoms with Gasteiger partial charge in [-0.05, 0) is 37.9 Å². The Kier molecular flexibility index (Phi) is 4.59. The number of ether oxygens (including phenoxy) is 1. The molecule has 1 amide bonds. The van der Waals surface area contributed by atoms with Gasteiger partial charge in [0.1, 0.15) is 5.75 Å². The molecule has 1 aromatic rings. The Balaban J connectivity index is 1.83. The van der Waals surface area contributed by atoms with Crippen LogP contribution in [0.4, 0.5) is 0 Å². The first-order chi connectivity index (χ1) is 8.81. The van der Waals surface area contributed by atoms with Crippen molar-refractivity contribution in [2.45, 2.75) is 25.3 Å². The van der Waals surface area contributed by atoms with Crippen LogP contribution in [-0.4, -0.2) is 32.1 Å². The van der Waals surface area contributed by atoms with E-state index in [2.05, 4.69) is 10.6 Å². The summed E-state index contributed by atoms with van der Waals surface area (Å²) in [6, 6.07) is 7.84. The molecule has 1 aliphatic heterocycles.